The molecule has 0 atom stereocenters. The number of carbonyl (C=O) groups excluding carboxylic acids is 1. The van der Waals surface area contributed by atoms with Gasteiger partial charge in [-0.3, -0.25) is 4.79 Å². The maximum atomic E-state index is 12.1. The zero-order valence-electron chi connectivity index (χ0n) is 11.6. The standard InChI is InChI=1S/C16H17N3O2/c20-14-6-2-1-5-13(14)16(21)18-12-7-8-15(17-11-12)19-9-3-4-10-19/h1-2,5-8,11,20H,3-4,9-10H2,(H,18,21). The summed E-state index contributed by atoms with van der Waals surface area (Å²) in [5.74, 6) is 0.563. The van der Waals surface area contributed by atoms with E-state index < -0.39 is 0 Å². The number of para-hydroxylation sites is 1. The number of rotatable bonds is 3. The molecule has 1 saturated heterocycles. The third-order valence-electron chi connectivity index (χ3n) is 3.58. The quantitative estimate of drug-likeness (QED) is 0.909. The van der Waals surface area contributed by atoms with E-state index in [2.05, 4.69) is 15.2 Å². The van der Waals surface area contributed by atoms with Crippen molar-refractivity contribution >= 4 is 17.4 Å². The summed E-state index contributed by atoms with van der Waals surface area (Å²) < 4.78 is 0. The first kappa shape index (κ1) is 13.4. The number of hydrogen-bond donors (Lipinski definition) is 2. The molecular weight excluding hydrogens is 266 g/mol. The summed E-state index contributed by atoms with van der Waals surface area (Å²) in [6, 6.07) is 10.2. The van der Waals surface area contributed by atoms with Crippen LogP contribution in [0.4, 0.5) is 11.5 Å². The Morgan fingerprint density at radius 1 is 1.14 bits per heavy atom. The lowest BCUT2D eigenvalue weighted by atomic mass is 10.2. The molecule has 0 bridgehead atoms. The van der Waals surface area contributed by atoms with Gasteiger partial charge in [0.05, 0.1) is 17.4 Å². The SMILES string of the molecule is O=C(Nc1ccc(N2CCCC2)nc1)c1ccccc1O. The van der Waals surface area contributed by atoms with Crippen LogP contribution in [0, 0.1) is 0 Å². The number of pyridine rings is 1. The topological polar surface area (TPSA) is 65.5 Å². The summed E-state index contributed by atoms with van der Waals surface area (Å²) in [5.41, 5.74) is 0.868. The molecule has 1 fully saturated rings. The van der Waals surface area contributed by atoms with Crippen LogP contribution in [0.3, 0.4) is 0 Å². The van der Waals surface area contributed by atoms with Crippen molar-refractivity contribution in [2.75, 3.05) is 23.3 Å². The summed E-state index contributed by atoms with van der Waals surface area (Å²) in [6.45, 7) is 2.08. The molecule has 1 amide bonds. The molecule has 1 aromatic carbocycles. The summed E-state index contributed by atoms with van der Waals surface area (Å²) in [5, 5.41) is 12.4. The maximum Gasteiger partial charge on any atom is 0.259 e. The van der Waals surface area contributed by atoms with E-state index in [1.165, 1.54) is 18.9 Å². The van der Waals surface area contributed by atoms with Gasteiger partial charge in [0.15, 0.2) is 0 Å². The van der Waals surface area contributed by atoms with Crippen LogP contribution in [0.25, 0.3) is 0 Å². The normalized spacial score (nSPS) is 14.2. The van der Waals surface area contributed by atoms with Gasteiger partial charge in [-0.05, 0) is 37.1 Å². The van der Waals surface area contributed by atoms with Crippen LogP contribution < -0.4 is 10.2 Å². The lowest BCUT2D eigenvalue weighted by Crippen LogP contribution is -2.19. The molecule has 0 aliphatic carbocycles. The molecule has 2 aromatic rings. The van der Waals surface area contributed by atoms with E-state index in [4.69, 9.17) is 0 Å². The van der Waals surface area contributed by atoms with E-state index in [0.717, 1.165) is 18.9 Å². The molecule has 1 aliphatic rings. The van der Waals surface area contributed by atoms with Crippen LogP contribution in [-0.2, 0) is 0 Å². The highest BCUT2D eigenvalue weighted by molar-refractivity contribution is 6.06. The number of phenols is 1. The molecule has 108 valence electrons. The number of benzene rings is 1. The van der Waals surface area contributed by atoms with E-state index in [1.807, 2.05) is 12.1 Å². The van der Waals surface area contributed by atoms with Gasteiger partial charge in [0, 0.05) is 13.1 Å². The van der Waals surface area contributed by atoms with Crippen molar-refractivity contribution in [3.05, 3.63) is 48.2 Å². The minimum absolute atomic E-state index is 0.0309. The van der Waals surface area contributed by atoms with Crippen LogP contribution in [0.1, 0.15) is 23.2 Å². The minimum atomic E-state index is -0.344. The number of anilines is 2. The predicted molar refractivity (Wildman–Crippen MR) is 81.7 cm³/mol. The van der Waals surface area contributed by atoms with E-state index in [-0.39, 0.29) is 17.2 Å². The highest BCUT2D eigenvalue weighted by atomic mass is 16.3. The van der Waals surface area contributed by atoms with E-state index in [9.17, 15) is 9.90 Å². The molecular formula is C16H17N3O2. The molecule has 0 unspecified atom stereocenters. The maximum absolute atomic E-state index is 12.1. The van der Waals surface area contributed by atoms with Gasteiger partial charge in [-0.25, -0.2) is 4.98 Å². The van der Waals surface area contributed by atoms with Crippen LogP contribution in [-0.4, -0.2) is 29.1 Å². The molecule has 21 heavy (non-hydrogen) atoms. The second-order valence-electron chi connectivity index (χ2n) is 5.07. The summed E-state index contributed by atoms with van der Waals surface area (Å²) in [4.78, 5) is 18.7. The fourth-order valence-corrected chi connectivity index (χ4v) is 2.46. The molecule has 3 rings (SSSR count). The molecule has 5 heteroatoms. The van der Waals surface area contributed by atoms with E-state index in [1.54, 1.807) is 24.4 Å². The van der Waals surface area contributed by atoms with Gasteiger partial charge in [-0.15, -0.1) is 0 Å². The van der Waals surface area contributed by atoms with Crippen molar-refractivity contribution in [2.45, 2.75) is 12.8 Å². The van der Waals surface area contributed by atoms with Crippen molar-refractivity contribution in [1.29, 1.82) is 0 Å². The lowest BCUT2D eigenvalue weighted by Gasteiger charge is -2.16. The van der Waals surface area contributed by atoms with E-state index >= 15 is 0 Å². The van der Waals surface area contributed by atoms with Crippen molar-refractivity contribution in [2.24, 2.45) is 0 Å². The zero-order chi connectivity index (χ0) is 14.7. The zero-order valence-corrected chi connectivity index (χ0v) is 11.6. The monoisotopic (exact) mass is 283 g/mol. The highest BCUT2D eigenvalue weighted by Crippen LogP contribution is 2.21. The Kier molecular flexibility index (Phi) is 3.73. The number of carbonyl (C=O) groups is 1. The van der Waals surface area contributed by atoms with Gasteiger partial charge in [-0.1, -0.05) is 12.1 Å². The molecule has 1 aliphatic heterocycles. The fraction of sp³-hybridized carbons (Fsp3) is 0.250. The number of hydrogen-bond acceptors (Lipinski definition) is 4. The summed E-state index contributed by atoms with van der Waals surface area (Å²) in [7, 11) is 0. The average molecular weight is 283 g/mol. The second-order valence-corrected chi connectivity index (χ2v) is 5.07. The van der Waals surface area contributed by atoms with Crippen molar-refractivity contribution < 1.29 is 9.90 Å². The Labute approximate surface area is 123 Å². The summed E-state index contributed by atoms with van der Waals surface area (Å²) in [6.07, 6.45) is 4.05. The first-order valence-corrected chi connectivity index (χ1v) is 7.04. The van der Waals surface area contributed by atoms with Crippen LogP contribution in [0.5, 0.6) is 5.75 Å². The number of aromatic hydroxyl groups is 1. The number of aromatic nitrogens is 1. The Hall–Kier alpha value is -2.56. The van der Waals surface area contributed by atoms with Crippen LogP contribution in [0.2, 0.25) is 0 Å². The van der Waals surface area contributed by atoms with Gasteiger partial charge >= 0.3 is 0 Å². The lowest BCUT2D eigenvalue weighted by molar-refractivity contribution is 0.102. The van der Waals surface area contributed by atoms with Crippen molar-refractivity contribution in [3.63, 3.8) is 0 Å². The Morgan fingerprint density at radius 2 is 1.90 bits per heavy atom. The smallest absolute Gasteiger partial charge is 0.259 e. The molecule has 0 radical (unpaired) electrons. The molecule has 0 saturated carbocycles. The largest absolute Gasteiger partial charge is 0.507 e. The fourth-order valence-electron chi connectivity index (χ4n) is 2.46. The number of phenolic OH excluding ortho intramolecular Hbond substituents is 1. The molecule has 5 nitrogen and oxygen atoms in total. The molecule has 0 spiro atoms. The minimum Gasteiger partial charge on any atom is -0.507 e. The number of amides is 1. The van der Waals surface area contributed by atoms with Gasteiger partial charge in [0.2, 0.25) is 0 Å². The van der Waals surface area contributed by atoms with Gasteiger partial charge < -0.3 is 15.3 Å². The number of nitrogens with zero attached hydrogens (tertiary/aromatic N) is 2. The molecule has 1 aromatic heterocycles. The third-order valence-corrected chi connectivity index (χ3v) is 3.58. The van der Waals surface area contributed by atoms with Crippen LogP contribution >= 0.6 is 0 Å². The summed E-state index contributed by atoms with van der Waals surface area (Å²) >= 11 is 0. The highest BCUT2D eigenvalue weighted by Gasteiger charge is 2.14. The van der Waals surface area contributed by atoms with Gasteiger partial charge in [0.1, 0.15) is 11.6 Å². The molecule has 2 N–H and O–H groups in total. The Balaban J connectivity index is 1.70. The molecule has 2 heterocycles. The Morgan fingerprint density at radius 3 is 2.57 bits per heavy atom. The average Bonchev–Trinajstić information content (AvgIpc) is 3.02. The van der Waals surface area contributed by atoms with Crippen LogP contribution in [0.15, 0.2) is 42.6 Å². The second kappa shape index (κ2) is 5.83. The van der Waals surface area contributed by atoms with Crippen molar-refractivity contribution in [3.8, 4) is 5.75 Å². The first-order chi connectivity index (χ1) is 10.2. The van der Waals surface area contributed by atoms with Gasteiger partial charge in [-0.2, -0.15) is 0 Å². The van der Waals surface area contributed by atoms with E-state index in [0.29, 0.717) is 5.69 Å². The first-order valence-electron chi connectivity index (χ1n) is 7.04. The number of nitrogens with one attached hydrogen (secondary N) is 1. The van der Waals surface area contributed by atoms with Crippen molar-refractivity contribution in [1.82, 2.24) is 4.98 Å². The van der Waals surface area contributed by atoms with Gasteiger partial charge in [0.25, 0.3) is 5.91 Å². The third kappa shape index (κ3) is 2.97. The Bertz CT molecular complexity index is 634. The predicted octanol–water partition coefficient (Wildman–Crippen LogP) is 2.64.